The highest BCUT2D eigenvalue weighted by Gasteiger charge is 2.12. The largest absolute Gasteiger partial charge is 0.465 e. The summed E-state index contributed by atoms with van der Waals surface area (Å²) in [6, 6.07) is 6.12. The smallest absolute Gasteiger partial charge is 0.348 e. The Kier molecular flexibility index (Phi) is 4.16. The number of carbonyl (C=O) groups excluding carboxylic acids is 1. The molecular formula is C12H10N2O4. The topological polar surface area (TPSA) is 93.2 Å². The first-order chi connectivity index (χ1) is 8.49. The maximum absolute atomic E-state index is 11.2. The number of nitro groups is 1. The summed E-state index contributed by atoms with van der Waals surface area (Å²) in [5.41, 5.74) is 0.629. The lowest BCUT2D eigenvalue weighted by Crippen LogP contribution is -2.02. The molecule has 1 aromatic carbocycles. The summed E-state index contributed by atoms with van der Waals surface area (Å²) in [4.78, 5) is 21.4. The Labute approximate surface area is 103 Å². The highest BCUT2D eigenvalue weighted by atomic mass is 16.6. The fourth-order valence-electron chi connectivity index (χ4n) is 1.33. The lowest BCUT2D eigenvalue weighted by Gasteiger charge is -2.00. The number of ether oxygens (including phenoxy) is 1. The Hall–Kier alpha value is -2.68. The zero-order valence-corrected chi connectivity index (χ0v) is 9.84. The third kappa shape index (κ3) is 2.92. The summed E-state index contributed by atoms with van der Waals surface area (Å²) in [5, 5.41) is 19.5. The second-order valence-electron chi connectivity index (χ2n) is 3.46. The average molecular weight is 246 g/mol. The van der Waals surface area contributed by atoms with Crippen molar-refractivity contribution in [3.63, 3.8) is 0 Å². The zero-order chi connectivity index (χ0) is 13.7. The molecule has 0 saturated heterocycles. The van der Waals surface area contributed by atoms with E-state index < -0.39 is 10.9 Å². The van der Waals surface area contributed by atoms with Gasteiger partial charge in [-0.3, -0.25) is 10.1 Å². The Morgan fingerprint density at radius 2 is 2.22 bits per heavy atom. The molecule has 0 aliphatic carbocycles. The quantitative estimate of drug-likeness (QED) is 0.267. The van der Waals surface area contributed by atoms with Gasteiger partial charge in [0.15, 0.2) is 0 Å². The standard InChI is InChI=1S/C12H10N2O4/c1-8-3-4-9(6-11(8)14(16)17)5-10(7-13)12(15)18-2/h3-6H,1-2H3/b10-5-. The van der Waals surface area contributed by atoms with Gasteiger partial charge in [0, 0.05) is 11.6 Å². The molecule has 18 heavy (non-hydrogen) atoms. The number of rotatable bonds is 3. The molecule has 0 aliphatic rings. The van der Waals surface area contributed by atoms with Crippen LogP contribution in [-0.4, -0.2) is 18.0 Å². The molecule has 0 saturated carbocycles. The van der Waals surface area contributed by atoms with Crippen molar-refractivity contribution in [2.45, 2.75) is 6.92 Å². The number of carbonyl (C=O) groups is 1. The van der Waals surface area contributed by atoms with E-state index in [9.17, 15) is 14.9 Å². The van der Waals surface area contributed by atoms with Gasteiger partial charge < -0.3 is 4.74 Å². The fourth-order valence-corrected chi connectivity index (χ4v) is 1.33. The van der Waals surface area contributed by atoms with Crippen molar-refractivity contribution in [1.82, 2.24) is 0 Å². The van der Waals surface area contributed by atoms with Crippen LogP contribution in [0.25, 0.3) is 6.08 Å². The van der Waals surface area contributed by atoms with Crippen LogP contribution in [-0.2, 0) is 9.53 Å². The van der Waals surface area contributed by atoms with Crippen LogP contribution in [0.1, 0.15) is 11.1 Å². The van der Waals surface area contributed by atoms with Crippen LogP contribution in [0.4, 0.5) is 5.69 Å². The van der Waals surface area contributed by atoms with Gasteiger partial charge in [-0.15, -0.1) is 0 Å². The summed E-state index contributed by atoms with van der Waals surface area (Å²) >= 11 is 0. The van der Waals surface area contributed by atoms with Crippen LogP contribution in [0.2, 0.25) is 0 Å². The number of nitro benzene ring substituents is 1. The number of benzene rings is 1. The van der Waals surface area contributed by atoms with Crippen LogP contribution >= 0.6 is 0 Å². The van der Waals surface area contributed by atoms with Crippen molar-refractivity contribution in [2.24, 2.45) is 0 Å². The predicted molar refractivity (Wildman–Crippen MR) is 63.4 cm³/mol. The van der Waals surface area contributed by atoms with Crippen LogP contribution in [0.3, 0.4) is 0 Å². The molecule has 0 heterocycles. The molecule has 0 aromatic heterocycles. The molecule has 6 heteroatoms. The second-order valence-corrected chi connectivity index (χ2v) is 3.46. The Bertz CT molecular complexity index is 570. The summed E-state index contributed by atoms with van der Waals surface area (Å²) in [5.74, 6) is -0.777. The molecule has 0 N–H and O–H groups in total. The molecule has 0 radical (unpaired) electrons. The zero-order valence-electron chi connectivity index (χ0n) is 9.84. The Balaban J connectivity index is 3.23. The fraction of sp³-hybridized carbons (Fsp3) is 0.167. The summed E-state index contributed by atoms with van der Waals surface area (Å²) in [6.45, 7) is 1.61. The van der Waals surface area contributed by atoms with Crippen LogP contribution in [0.5, 0.6) is 0 Å². The van der Waals surface area contributed by atoms with E-state index in [1.54, 1.807) is 25.1 Å². The van der Waals surface area contributed by atoms with E-state index in [1.165, 1.54) is 12.1 Å². The lowest BCUT2D eigenvalue weighted by molar-refractivity contribution is -0.385. The first-order valence-corrected chi connectivity index (χ1v) is 4.94. The highest BCUT2D eigenvalue weighted by Crippen LogP contribution is 2.20. The molecule has 92 valence electrons. The number of esters is 1. The SMILES string of the molecule is COC(=O)/C(C#N)=C\c1ccc(C)c([N+](=O)[O-])c1. The van der Waals surface area contributed by atoms with Crippen molar-refractivity contribution in [3.8, 4) is 6.07 Å². The molecule has 1 aromatic rings. The maximum atomic E-state index is 11.2. The van der Waals surface area contributed by atoms with Crippen molar-refractivity contribution in [2.75, 3.05) is 7.11 Å². The third-order valence-electron chi connectivity index (χ3n) is 2.27. The molecule has 0 bridgehead atoms. The Morgan fingerprint density at radius 3 is 2.72 bits per heavy atom. The Morgan fingerprint density at radius 1 is 1.56 bits per heavy atom. The number of hydrogen-bond acceptors (Lipinski definition) is 5. The summed E-state index contributed by atoms with van der Waals surface area (Å²) < 4.78 is 4.41. The van der Waals surface area contributed by atoms with Crippen LogP contribution in [0.15, 0.2) is 23.8 Å². The van der Waals surface area contributed by atoms with E-state index in [4.69, 9.17) is 5.26 Å². The summed E-state index contributed by atoms with van der Waals surface area (Å²) in [7, 11) is 1.16. The first kappa shape index (κ1) is 13.4. The predicted octanol–water partition coefficient (Wildman–Crippen LogP) is 1.98. The monoisotopic (exact) mass is 246 g/mol. The van der Waals surface area contributed by atoms with Gasteiger partial charge in [0.25, 0.3) is 5.69 Å². The van der Waals surface area contributed by atoms with Gasteiger partial charge in [-0.25, -0.2) is 4.79 Å². The number of nitriles is 1. The van der Waals surface area contributed by atoms with Crippen LogP contribution in [0, 0.1) is 28.4 Å². The van der Waals surface area contributed by atoms with Gasteiger partial charge in [0.2, 0.25) is 0 Å². The van der Waals surface area contributed by atoms with E-state index in [0.717, 1.165) is 7.11 Å². The summed E-state index contributed by atoms with van der Waals surface area (Å²) in [6.07, 6.45) is 1.25. The number of aryl methyl sites for hydroxylation is 1. The normalized spacial score (nSPS) is 10.6. The minimum atomic E-state index is -0.777. The molecule has 6 nitrogen and oxygen atoms in total. The lowest BCUT2D eigenvalue weighted by atomic mass is 10.1. The molecular weight excluding hydrogens is 236 g/mol. The van der Waals surface area contributed by atoms with E-state index in [-0.39, 0.29) is 11.3 Å². The number of hydrogen-bond donors (Lipinski definition) is 0. The molecule has 0 unspecified atom stereocenters. The van der Waals surface area contributed by atoms with Crippen LogP contribution < -0.4 is 0 Å². The highest BCUT2D eigenvalue weighted by molar-refractivity contribution is 5.97. The molecule has 0 amide bonds. The molecule has 0 atom stereocenters. The van der Waals surface area contributed by atoms with Crippen molar-refractivity contribution in [1.29, 1.82) is 5.26 Å². The average Bonchev–Trinajstić information content (AvgIpc) is 2.36. The van der Waals surface area contributed by atoms with E-state index in [2.05, 4.69) is 4.74 Å². The molecule has 0 aliphatic heterocycles. The first-order valence-electron chi connectivity index (χ1n) is 4.94. The van der Waals surface area contributed by atoms with E-state index in [1.807, 2.05) is 0 Å². The van der Waals surface area contributed by atoms with Crippen molar-refractivity contribution < 1.29 is 14.5 Å². The minimum Gasteiger partial charge on any atom is -0.465 e. The number of methoxy groups -OCH3 is 1. The van der Waals surface area contributed by atoms with Gasteiger partial charge in [0.1, 0.15) is 11.6 Å². The van der Waals surface area contributed by atoms with Gasteiger partial charge in [-0.05, 0) is 18.6 Å². The minimum absolute atomic E-state index is 0.0640. The molecule has 0 spiro atoms. The van der Waals surface area contributed by atoms with E-state index in [0.29, 0.717) is 11.1 Å². The van der Waals surface area contributed by atoms with Crippen molar-refractivity contribution >= 4 is 17.7 Å². The number of nitrogens with zero attached hydrogens (tertiary/aromatic N) is 2. The van der Waals surface area contributed by atoms with E-state index >= 15 is 0 Å². The van der Waals surface area contributed by atoms with Gasteiger partial charge in [-0.1, -0.05) is 12.1 Å². The maximum Gasteiger partial charge on any atom is 0.348 e. The third-order valence-corrected chi connectivity index (χ3v) is 2.27. The van der Waals surface area contributed by atoms with Gasteiger partial charge >= 0.3 is 5.97 Å². The van der Waals surface area contributed by atoms with Crippen molar-refractivity contribution in [3.05, 3.63) is 45.0 Å². The van der Waals surface area contributed by atoms with Gasteiger partial charge in [-0.2, -0.15) is 5.26 Å². The molecule has 1 rings (SSSR count). The van der Waals surface area contributed by atoms with Gasteiger partial charge in [0.05, 0.1) is 12.0 Å². The second kappa shape index (κ2) is 5.59. The molecule has 0 fully saturated rings.